The molecule has 1 aromatic carbocycles. The van der Waals surface area contributed by atoms with Crippen LogP contribution in [0.4, 0.5) is 13.9 Å². The van der Waals surface area contributed by atoms with E-state index >= 15 is 0 Å². The number of benzene rings is 1. The van der Waals surface area contributed by atoms with E-state index in [1.807, 2.05) is 0 Å². The predicted molar refractivity (Wildman–Crippen MR) is 79.0 cm³/mol. The average Bonchev–Trinajstić information content (AvgIpc) is 3.08. The van der Waals surface area contributed by atoms with Gasteiger partial charge in [-0.05, 0) is 37.0 Å². The Morgan fingerprint density at radius 1 is 1.18 bits per heavy atom. The van der Waals surface area contributed by atoms with Crippen LogP contribution in [0.2, 0.25) is 0 Å². The van der Waals surface area contributed by atoms with Crippen LogP contribution >= 0.6 is 11.5 Å². The van der Waals surface area contributed by atoms with E-state index in [1.54, 1.807) is 6.07 Å². The second kappa shape index (κ2) is 5.55. The Labute approximate surface area is 130 Å². The van der Waals surface area contributed by atoms with Gasteiger partial charge in [-0.3, -0.25) is 0 Å². The highest BCUT2D eigenvalue weighted by Gasteiger charge is 2.32. The highest BCUT2D eigenvalue weighted by Crippen LogP contribution is 2.40. The lowest BCUT2D eigenvalue weighted by Gasteiger charge is -2.19. The number of nitrogens with zero attached hydrogens (tertiary/aromatic N) is 2. The normalized spacial score (nSPS) is 24.6. The predicted octanol–water partition coefficient (Wildman–Crippen LogP) is 3.64. The van der Waals surface area contributed by atoms with Crippen LogP contribution in [0.25, 0.3) is 0 Å². The van der Waals surface area contributed by atoms with E-state index in [0.717, 1.165) is 23.4 Å². The third kappa shape index (κ3) is 2.70. The van der Waals surface area contributed by atoms with Gasteiger partial charge in [0, 0.05) is 24.1 Å². The van der Waals surface area contributed by atoms with Crippen LogP contribution < -0.4 is 5.32 Å². The topological polar surface area (TPSA) is 47.0 Å². The number of anilines is 1. The standard InChI is InChI=1S/C15H15F2N3OS/c16-10-4-3-9(7-11(10)17)13-12(5-6-21-13)18-15-19-14(20-22-15)8-1-2-8/h3-4,7-8,12-13H,1-2,5-6H2,(H,18,19,20). The number of ether oxygens (including phenoxy) is 1. The summed E-state index contributed by atoms with van der Waals surface area (Å²) >= 11 is 1.35. The van der Waals surface area contributed by atoms with Gasteiger partial charge in [-0.2, -0.15) is 4.37 Å². The molecular weight excluding hydrogens is 308 g/mol. The van der Waals surface area contributed by atoms with Crippen molar-refractivity contribution in [2.75, 3.05) is 11.9 Å². The van der Waals surface area contributed by atoms with E-state index in [0.29, 0.717) is 18.1 Å². The van der Waals surface area contributed by atoms with Crippen molar-refractivity contribution < 1.29 is 13.5 Å². The molecule has 4 nitrogen and oxygen atoms in total. The average molecular weight is 323 g/mol. The molecule has 2 aromatic rings. The molecule has 2 heterocycles. The number of rotatable bonds is 4. The SMILES string of the molecule is Fc1ccc(C2OCCC2Nc2nc(C3CC3)ns2)cc1F. The second-order valence-electron chi connectivity index (χ2n) is 5.74. The quantitative estimate of drug-likeness (QED) is 0.933. The zero-order valence-corrected chi connectivity index (χ0v) is 12.6. The number of nitrogens with one attached hydrogen (secondary N) is 1. The highest BCUT2D eigenvalue weighted by molar-refractivity contribution is 7.09. The molecule has 0 radical (unpaired) electrons. The zero-order chi connectivity index (χ0) is 15.1. The van der Waals surface area contributed by atoms with Gasteiger partial charge in [-0.1, -0.05) is 6.07 Å². The van der Waals surface area contributed by atoms with Gasteiger partial charge in [0.05, 0.1) is 6.04 Å². The molecule has 0 amide bonds. The van der Waals surface area contributed by atoms with E-state index in [4.69, 9.17) is 4.74 Å². The summed E-state index contributed by atoms with van der Waals surface area (Å²) in [5.74, 6) is -0.257. The fourth-order valence-corrected chi connectivity index (χ4v) is 3.42. The summed E-state index contributed by atoms with van der Waals surface area (Å²) in [7, 11) is 0. The third-order valence-electron chi connectivity index (χ3n) is 4.06. The third-order valence-corrected chi connectivity index (χ3v) is 4.72. The van der Waals surface area contributed by atoms with Gasteiger partial charge in [0.1, 0.15) is 11.9 Å². The molecule has 0 spiro atoms. The van der Waals surface area contributed by atoms with E-state index in [1.165, 1.54) is 30.4 Å². The van der Waals surface area contributed by atoms with Gasteiger partial charge in [-0.25, -0.2) is 13.8 Å². The minimum atomic E-state index is -0.848. The number of hydrogen-bond donors (Lipinski definition) is 1. The molecule has 1 aliphatic carbocycles. The van der Waals surface area contributed by atoms with Gasteiger partial charge >= 0.3 is 0 Å². The molecule has 2 fully saturated rings. The summed E-state index contributed by atoms with van der Waals surface area (Å²) in [4.78, 5) is 4.50. The van der Waals surface area contributed by atoms with Crippen molar-refractivity contribution in [2.24, 2.45) is 0 Å². The smallest absolute Gasteiger partial charge is 0.202 e. The summed E-state index contributed by atoms with van der Waals surface area (Å²) in [5, 5.41) is 4.10. The number of halogens is 2. The van der Waals surface area contributed by atoms with E-state index in [-0.39, 0.29) is 12.1 Å². The Hall–Kier alpha value is -1.60. The molecular formula is C15H15F2N3OS. The minimum Gasteiger partial charge on any atom is -0.371 e. The Morgan fingerprint density at radius 2 is 2.05 bits per heavy atom. The molecule has 1 saturated carbocycles. The van der Waals surface area contributed by atoms with Crippen molar-refractivity contribution in [1.82, 2.24) is 9.36 Å². The first-order valence-corrected chi connectivity index (χ1v) is 8.15. The van der Waals surface area contributed by atoms with Gasteiger partial charge in [0.2, 0.25) is 5.13 Å². The summed E-state index contributed by atoms with van der Waals surface area (Å²) < 4.78 is 36.5. The maximum atomic E-state index is 13.4. The monoisotopic (exact) mass is 323 g/mol. The van der Waals surface area contributed by atoms with Crippen LogP contribution in [-0.2, 0) is 4.74 Å². The van der Waals surface area contributed by atoms with Crippen LogP contribution in [-0.4, -0.2) is 22.0 Å². The molecule has 116 valence electrons. The zero-order valence-electron chi connectivity index (χ0n) is 11.8. The lowest BCUT2D eigenvalue weighted by molar-refractivity contribution is 0.107. The summed E-state index contributed by atoms with van der Waals surface area (Å²) in [6, 6.07) is 3.90. The van der Waals surface area contributed by atoms with E-state index < -0.39 is 11.6 Å². The van der Waals surface area contributed by atoms with Gasteiger partial charge in [0.25, 0.3) is 0 Å². The van der Waals surface area contributed by atoms with Crippen LogP contribution in [0.1, 0.15) is 42.7 Å². The van der Waals surface area contributed by atoms with Gasteiger partial charge in [-0.15, -0.1) is 0 Å². The van der Waals surface area contributed by atoms with Crippen LogP contribution in [0.15, 0.2) is 18.2 Å². The first-order valence-electron chi connectivity index (χ1n) is 7.37. The lowest BCUT2D eigenvalue weighted by atomic mass is 10.0. The number of hydrogen-bond acceptors (Lipinski definition) is 5. The first-order chi connectivity index (χ1) is 10.7. The van der Waals surface area contributed by atoms with Crippen molar-refractivity contribution >= 4 is 16.7 Å². The van der Waals surface area contributed by atoms with Crippen LogP contribution in [0.3, 0.4) is 0 Å². The Bertz CT molecular complexity index is 689. The van der Waals surface area contributed by atoms with Crippen molar-refractivity contribution in [1.29, 1.82) is 0 Å². The van der Waals surface area contributed by atoms with E-state index in [9.17, 15) is 8.78 Å². The maximum Gasteiger partial charge on any atom is 0.202 e. The Kier molecular flexibility index (Phi) is 3.54. The first kappa shape index (κ1) is 14.0. The van der Waals surface area contributed by atoms with Crippen LogP contribution in [0, 0.1) is 11.6 Å². The molecule has 4 rings (SSSR count). The lowest BCUT2D eigenvalue weighted by Crippen LogP contribution is -2.23. The fourth-order valence-electron chi connectivity index (χ4n) is 2.71. The maximum absolute atomic E-state index is 13.4. The molecule has 7 heteroatoms. The molecule has 22 heavy (non-hydrogen) atoms. The molecule has 2 atom stereocenters. The van der Waals surface area contributed by atoms with Crippen LogP contribution in [0.5, 0.6) is 0 Å². The molecule has 0 bridgehead atoms. The van der Waals surface area contributed by atoms with Gasteiger partial charge < -0.3 is 10.1 Å². The Balaban J connectivity index is 1.51. The molecule has 1 aliphatic heterocycles. The van der Waals surface area contributed by atoms with Crippen molar-refractivity contribution in [3.8, 4) is 0 Å². The summed E-state index contributed by atoms with van der Waals surface area (Å²) in [6.45, 7) is 0.579. The summed E-state index contributed by atoms with van der Waals surface area (Å²) in [6.07, 6.45) is 2.82. The molecule has 2 aliphatic rings. The fraction of sp³-hybridized carbons (Fsp3) is 0.467. The molecule has 1 saturated heterocycles. The highest BCUT2D eigenvalue weighted by atomic mass is 32.1. The van der Waals surface area contributed by atoms with E-state index in [2.05, 4.69) is 14.7 Å². The van der Waals surface area contributed by atoms with Crippen molar-refractivity contribution in [3.63, 3.8) is 0 Å². The minimum absolute atomic E-state index is 0.00938. The largest absolute Gasteiger partial charge is 0.371 e. The second-order valence-corrected chi connectivity index (χ2v) is 6.49. The van der Waals surface area contributed by atoms with Crippen molar-refractivity contribution in [2.45, 2.75) is 37.3 Å². The van der Waals surface area contributed by atoms with Gasteiger partial charge in [0.15, 0.2) is 11.6 Å². The summed E-state index contributed by atoms with van der Waals surface area (Å²) in [5.41, 5.74) is 0.640. The molecule has 1 aromatic heterocycles. The van der Waals surface area contributed by atoms with Crippen molar-refractivity contribution in [3.05, 3.63) is 41.2 Å². The number of aromatic nitrogens is 2. The molecule has 1 N–H and O–H groups in total. The Morgan fingerprint density at radius 3 is 2.82 bits per heavy atom. The molecule has 2 unspecified atom stereocenters.